The molecule has 1 N–H and O–H groups in total. The van der Waals surface area contributed by atoms with Gasteiger partial charge in [-0.25, -0.2) is 0 Å². The van der Waals surface area contributed by atoms with E-state index in [1.807, 2.05) is 0 Å². The third-order valence-corrected chi connectivity index (χ3v) is 3.99. The van der Waals surface area contributed by atoms with Crippen molar-refractivity contribution in [1.29, 1.82) is 0 Å². The molecule has 0 aromatic heterocycles. The average molecular weight is 240 g/mol. The van der Waals surface area contributed by atoms with Crippen LogP contribution in [0.25, 0.3) is 0 Å². The average Bonchev–Trinajstić information content (AvgIpc) is 2.97. The molecule has 17 heavy (non-hydrogen) atoms. The molecule has 1 saturated carbocycles. The summed E-state index contributed by atoms with van der Waals surface area (Å²) in [6.07, 6.45) is 13.3. The third kappa shape index (κ3) is 8.23. The minimum Gasteiger partial charge on any atom is -0.481 e. The fourth-order valence-corrected chi connectivity index (χ4v) is 2.54. The lowest BCUT2D eigenvalue weighted by Gasteiger charge is -2.01. The number of rotatable bonds is 11. The maximum absolute atomic E-state index is 10.3. The summed E-state index contributed by atoms with van der Waals surface area (Å²) >= 11 is 0. The van der Waals surface area contributed by atoms with E-state index in [4.69, 9.17) is 5.11 Å². The van der Waals surface area contributed by atoms with E-state index in [1.54, 1.807) is 0 Å². The molecule has 100 valence electrons. The molecule has 0 saturated heterocycles. The number of hydrogen-bond acceptors (Lipinski definition) is 1. The molecular weight excluding hydrogens is 212 g/mol. The zero-order valence-electron chi connectivity index (χ0n) is 11.3. The van der Waals surface area contributed by atoms with Gasteiger partial charge in [0.05, 0.1) is 0 Å². The first-order chi connectivity index (χ1) is 8.20. The molecule has 2 heteroatoms. The monoisotopic (exact) mass is 240 g/mol. The van der Waals surface area contributed by atoms with Gasteiger partial charge in [-0.05, 0) is 24.7 Å². The highest BCUT2D eigenvalue weighted by molar-refractivity contribution is 5.66. The quantitative estimate of drug-likeness (QED) is 0.535. The molecule has 1 rings (SSSR count). The first-order valence-electron chi connectivity index (χ1n) is 7.42. The Kier molecular flexibility index (Phi) is 7.30. The largest absolute Gasteiger partial charge is 0.481 e. The van der Waals surface area contributed by atoms with Gasteiger partial charge in [-0.2, -0.15) is 0 Å². The lowest BCUT2D eigenvalue weighted by Crippen LogP contribution is -1.93. The summed E-state index contributed by atoms with van der Waals surface area (Å²) in [6.45, 7) is 2.36. The minimum atomic E-state index is -0.653. The topological polar surface area (TPSA) is 37.3 Å². The fourth-order valence-electron chi connectivity index (χ4n) is 2.54. The van der Waals surface area contributed by atoms with Crippen molar-refractivity contribution >= 4 is 5.97 Å². The number of carboxylic acids is 1. The second kappa shape index (κ2) is 8.54. The van der Waals surface area contributed by atoms with Crippen molar-refractivity contribution in [3.05, 3.63) is 0 Å². The molecular formula is C15H28O2. The van der Waals surface area contributed by atoms with E-state index < -0.39 is 5.97 Å². The molecule has 0 aromatic rings. The van der Waals surface area contributed by atoms with E-state index in [0.29, 0.717) is 6.42 Å². The molecule has 0 radical (unpaired) electrons. The van der Waals surface area contributed by atoms with Crippen molar-refractivity contribution in [2.24, 2.45) is 11.8 Å². The van der Waals surface area contributed by atoms with Crippen molar-refractivity contribution < 1.29 is 9.90 Å². The number of aliphatic carboxylic acids is 1. The van der Waals surface area contributed by atoms with Crippen LogP contribution in [0.2, 0.25) is 0 Å². The van der Waals surface area contributed by atoms with Crippen LogP contribution in [0, 0.1) is 11.8 Å². The van der Waals surface area contributed by atoms with Gasteiger partial charge >= 0.3 is 5.97 Å². The molecule has 0 amide bonds. The van der Waals surface area contributed by atoms with Crippen LogP contribution in [0.5, 0.6) is 0 Å². The van der Waals surface area contributed by atoms with Gasteiger partial charge in [-0.3, -0.25) is 4.79 Å². The van der Waals surface area contributed by atoms with Gasteiger partial charge in [0.2, 0.25) is 0 Å². The summed E-state index contributed by atoms with van der Waals surface area (Å²) in [5.74, 6) is 1.43. The molecule has 2 unspecified atom stereocenters. The van der Waals surface area contributed by atoms with Gasteiger partial charge in [0.25, 0.3) is 0 Å². The lowest BCUT2D eigenvalue weighted by molar-refractivity contribution is -0.137. The molecule has 2 nitrogen and oxygen atoms in total. The minimum absolute atomic E-state index is 0.347. The lowest BCUT2D eigenvalue weighted by atomic mass is 10.1. The van der Waals surface area contributed by atoms with Crippen LogP contribution in [0.4, 0.5) is 0 Å². The number of hydrogen-bond donors (Lipinski definition) is 1. The highest BCUT2D eigenvalue weighted by atomic mass is 16.4. The molecule has 1 aliphatic rings. The number of carboxylic acid groups (broad SMARTS) is 1. The highest BCUT2D eigenvalue weighted by Crippen LogP contribution is 2.41. The summed E-state index contributed by atoms with van der Waals surface area (Å²) in [7, 11) is 0. The maximum atomic E-state index is 10.3. The Morgan fingerprint density at radius 2 is 1.47 bits per heavy atom. The van der Waals surface area contributed by atoms with E-state index in [2.05, 4.69) is 6.92 Å². The van der Waals surface area contributed by atoms with Gasteiger partial charge in [-0.15, -0.1) is 0 Å². The molecule has 0 heterocycles. The summed E-state index contributed by atoms with van der Waals surface area (Å²) < 4.78 is 0. The zero-order chi connectivity index (χ0) is 12.5. The molecule has 1 fully saturated rings. The number of unbranched alkanes of at least 4 members (excludes halogenated alkanes) is 7. The molecule has 0 spiro atoms. The van der Waals surface area contributed by atoms with Crippen LogP contribution in [0.3, 0.4) is 0 Å². The normalized spacial score (nSPS) is 22.6. The highest BCUT2D eigenvalue weighted by Gasteiger charge is 2.31. The van der Waals surface area contributed by atoms with Crippen LogP contribution >= 0.6 is 0 Å². The standard InChI is InChI=1S/C15H28O2/c1-13-12-14(13)10-8-6-4-2-3-5-7-9-11-15(16)17/h13-14H,2-12H2,1H3,(H,16,17). The van der Waals surface area contributed by atoms with E-state index in [-0.39, 0.29) is 0 Å². The third-order valence-electron chi connectivity index (χ3n) is 3.99. The van der Waals surface area contributed by atoms with Crippen molar-refractivity contribution in [3.63, 3.8) is 0 Å². The van der Waals surface area contributed by atoms with Crippen molar-refractivity contribution in [2.75, 3.05) is 0 Å². The Hall–Kier alpha value is -0.530. The van der Waals surface area contributed by atoms with Gasteiger partial charge < -0.3 is 5.11 Å². The zero-order valence-corrected chi connectivity index (χ0v) is 11.3. The van der Waals surface area contributed by atoms with Crippen molar-refractivity contribution in [2.45, 2.75) is 77.6 Å². The Morgan fingerprint density at radius 3 is 1.94 bits per heavy atom. The van der Waals surface area contributed by atoms with Gasteiger partial charge in [-0.1, -0.05) is 58.3 Å². The summed E-state index contributed by atoms with van der Waals surface area (Å²) in [5.41, 5.74) is 0. The summed E-state index contributed by atoms with van der Waals surface area (Å²) in [5, 5.41) is 8.48. The molecule has 0 aromatic carbocycles. The van der Waals surface area contributed by atoms with Crippen molar-refractivity contribution in [1.82, 2.24) is 0 Å². The van der Waals surface area contributed by atoms with Gasteiger partial charge in [0.1, 0.15) is 0 Å². The first-order valence-corrected chi connectivity index (χ1v) is 7.42. The van der Waals surface area contributed by atoms with E-state index in [0.717, 1.165) is 24.7 Å². The molecule has 2 atom stereocenters. The van der Waals surface area contributed by atoms with E-state index in [9.17, 15) is 4.79 Å². The molecule has 0 aliphatic heterocycles. The van der Waals surface area contributed by atoms with Crippen LogP contribution in [0.15, 0.2) is 0 Å². The first kappa shape index (κ1) is 14.5. The van der Waals surface area contributed by atoms with E-state index in [1.165, 1.54) is 51.4 Å². The van der Waals surface area contributed by atoms with Crippen molar-refractivity contribution in [3.8, 4) is 0 Å². The Balaban J connectivity index is 1.68. The predicted molar refractivity (Wildman–Crippen MR) is 71.1 cm³/mol. The SMILES string of the molecule is CC1CC1CCCCCCCCCCC(=O)O. The number of carbonyl (C=O) groups is 1. The van der Waals surface area contributed by atoms with Crippen LogP contribution < -0.4 is 0 Å². The van der Waals surface area contributed by atoms with Crippen LogP contribution in [0.1, 0.15) is 77.6 Å². The second-order valence-electron chi connectivity index (χ2n) is 5.73. The second-order valence-corrected chi connectivity index (χ2v) is 5.73. The van der Waals surface area contributed by atoms with Crippen LogP contribution in [-0.2, 0) is 4.79 Å². The smallest absolute Gasteiger partial charge is 0.303 e. The van der Waals surface area contributed by atoms with E-state index >= 15 is 0 Å². The van der Waals surface area contributed by atoms with Crippen LogP contribution in [-0.4, -0.2) is 11.1 Å². The molecule has 0 bridgehead atoms. The van der Waals surface area contributed by atoms with Gasteiger partial charge in [0, 0.05) is 6.42 Å². The Labute approximate surface area is 106 Å². The fraction of sp³-hybridized carbons (Fsp3) is 0.933. The Morgan fingerprint density at radius 1 is 1.00 bits per heavy atom. The predicted octanol–water partition coefficient (Wildman–Crippen LogP) is 4.63. The Bertz CT molecular complexity index is 213. The summed E-state index contributed by atoms with van der Waals surface area (Å²) in [6, 6.07) is 0. The maximum Gasteiger partial charge on any atom is 0.303 e. The van der Waals surface area contributed by atoms with Gasteiger partial charge in [0.15, 0.2) is 0 Å². The molecule has 1 aliphatic carbocycles. The summed E-state index contributed by atoms with van der Waals surface area (Å²) in [4.78, 5) is 10.3.